The van der Waals surface area contributed by atoms with Gasteiger partial charge in [0.15, 0.2) is 0 Å². The minimum Gasteiger partial charge on any atom is -0.480 e. The molecule has 1 aromatic rings. The van der Waals surface area contributed by atoms with E-state index in [1.54, 1.807) is 6.20 Å². The summed E-state index contributed by atoms with van der Waals surface area (Å²) in [6.45, 7) is 7.08. The molecule has 0 saturated carbocycles. The summed E-state index contributed by atoms with van der Waals surface area (Å²) in [4.78, 5) is 28.2. The van der Waals surface area contributed by atoms with Crippen LogP contribution in [-0.4, -0.2) is 39.2 Å². The molecule has 128 valence electrons. The second-order valence-electron chi connectivity index (χ2n) is 6.29. The Morgan fingerprint density at radius 3 is 2.87 bits per heavy atom. The van der Waals surface area contributed by atoms with Gasteiger partial charge in [0.25, 0.3) is 0 Å². The number of carbonyl (C=O) groups is 2. The SMILES string of the molecule is CCn1ccnc1[C@@H]1OCC[C@H]1C(=O)NC(CC(C)C)C(=O)O. The topological polar surface area (TPSA) is 93.5 Å². The van der Waals surface area contributed by atoms with Gasteiger partial charge in [-0.15, -0.1) is 0 Å². The molecule has 7 nitrogen and oxygen atoms in total. The summed E-state index contributed by atoms with van der Waals surface area (Å²) in [5.41, 5.74) is 0. The molecule has 1 aromatic heterocycles. The smallest absolute Gasteiger partial charge is 0.326 e. The van der Waals surface area contributed by atoms with Crippen molar-refractivity contribution >= 4 is 11.9 Å². The molecule has 2 N–H and O–H groups in total. The zero-order valence-electron chi connectivity index (χ0n) is 13.9. The van der Waals surface area contributed by atoms with Crippen LogP contribution >= 0.6 is 0 Å². The fraction of sp³-hybridized carbons (Fsp3) is 0.688. The molecule has 1 fully saturated rings. The van der Waals surface area contributed by atoms with Gasteiger partial charge in [-0.3, -0.25) is 4.79 Å². The molecular formula is C16H25N3O4. The Kier molecular flexibility index (Phi) is 5.76. The monoisotopic (exact) mass is 323 g/mol. The van der Waals surface area contributed by atoms with E-state index in [4.69, 9.17) is 4.74 Å². The molecule has 1 amide bonds. The van der Waals surface area contributed by atoms with E-state index >= 15 is 0 Å². The maximum absolute atomic E-state index is 12.6. The maximum Gasteiger partial charge on any atom is 0.326 e. The number of rotatable bonds is 7. The van der Waals surface area contributed by atoms with Crippen molar-refractivity contribution in [3.05, 3.63) is 18.2 Å². The van der Waals surface area contributed by atoms with Crippen LogP contribution in [0.5, 0.6) is 0 Å². The Bertz CT molecular complexity index is 555. The molecule has 0 radical (unpaired) electrons. The lowest BCUT2D eigenvalue weighted by Crippen LogP contribution is -2.45. The number of hydrogen-bond acceptors (Lipinski definition) is 4. The van der Waals surface area contributed by atoms with E-state index in [0.717, 1.165) is 12.4 Å². The highest BCUT2D eigenvalue weighted by atomic mass is 16.5. The average molecular weight is 323 g/mol. The number of imidazole rings is 1. The van der Waals surface area contributed by atoms with Crippen molar-refractivity contribution in [1.82, 2.24) is 14.9 Å². The van der Waals surface area contributed by atoms with E-state index in [1.165, 1.54) is 0 Å². The fourth-order valence-corrected chi connectivity index (χ4v) is 2.93. The van der Waals surface area contributed by atoms with E-state index in [0.29, 0.717) is 19.4 Å². The fourth-order valence-electron chi connectivity index (χ4n) is 2.93. The molecule has 2 rings (SSSR count). The molecule has 0 bridgehead atoms. The Labute approximate surface area is 136 Å². The summed E-state index contributed by atoms with van der Waals surface area (Å²) in [7, 11) is 0. The second kappa shape index (κ2) is 7.59. The predicted molar refractivity (Wildman–Crippen MR) is 83.7 cm³/mol. The van der Waals surface area contributed by atoms with Crippen molar-refractivity contribution in [2.24, 2.45) is 11.8 Å². The van der Waals surface area contributed by atoms with Crippen LogP contribution in [0.1, 0.15) is 45.5 Å². The number of aromatic nitrogens is 2. The maximum atomic E-state index is 12.6. The molecule has 0 aliphatic carbocycles. The van der Waals surface area contributed by atoms with Crippen molar-refractivity contribution in [2.75, 3.05) is 6.61 Å². The van der Waals surface area contributed by atoms with Gasteiger partial charge < -0.3 is 19.7 Å². The molecule has 1 aliphatic rings. The van der Waals surface area contributed by atoms with Crippen molar-refractivity contribution in [3.63, 3.8) is 0 Å². The molecule has 7 heteroatoms. The van der Waals surface area contributed by atoms with Crippen LogP contribution in [0.4, 0.5) is 0 Å². The molecule has 1 aliphatic heterocycles. The number of carbonyl (C=O) groups excluding carboxylic acids is 1. The Morgan fingerprint density at radius 1 is 1.52 bits per heavy atom. The standard InChI is InChI=1S/C16H25N3O4/c1-4-19-7-6-17-14(19)13-11(5-8-23-13)15(20)18-12(16(21)22)9-10(2)3/h6-7,10-13H,4-5,8-9H2,1-3H3,(H,18,20)(H,21,22)/t11-,12?,13-/m1/s1. The first kappa shape index (κ1) is 17.5. The van der Waals surface area contributed by atoms with Crippen LogP contribution in [0.3, 0.4) is 0 Å². The van der Waals surface area contributed by atoms with Crippen LogP contribution in [-0.2, 0) is 20.9 Å². The molecule has 3 atom stereocenters. The van der Waals surface area contributed by atoms with Gasteiger partial charge in [0.1, 0.15) is 18.0 Å². The quantitative estimate of drug-likeness (QED) is 0.795. The highest BCUT2D eigenvalue weighted by Gasteiger charge is 2.39. The van der Waals surface area contributed by atoms with Crippen LogP contribution in [0.2, 0.25) is 0 Å². The Balaban J connectivity index is 2.09. The molecular weight excluding hydrogens is 298 g/mol. The number of aliphatic carboxylic acids is 1. The highest BCUT2D eigenvalue weighted by molar-refractivity contribution is 5.85. The highest BCUT2D eigenvalue weighted by Crippen LogP contribution is 2.34. The molecule has 1 unspecified atom stereocenters. The number of nitrogens with zero attached hydrogens (tertiary/aromatic N) is 2. The lowest BCUT2D eigenvalue weighted by atomic mass is 9.97. The first-order valence-electron chi connectivity index (χ1n) is 8.09. The van der Waals surface area contributed by atoms with Crippen LogP contribution in [0.15, 0.2) is 12.4 Å². The third-order valence-electron chi connectivity index (χ3n) is 4.09. The average Bonchev–Trinajstić information content (AvgIpc) is 3.13. The van der Waals surface area contributed by atoms with Gasteiger partial charge >= 0.3 is 5.97 Å². The first-order valence-corrected chi connectivity index (χ1v) is 8.09. The number of hydrogen-bond donors (Lipinski definition) is 2. The lowest BCUT2D eigenvalue weighted by Gasteiger charge is -2.22. The van der Waals surface area contributed by atoms with Crippen molar-refractivity contribution in [3.8, 4) is 0 Å². The number of nitrogens with one attached hydrogen (secondary N) is 1. The van der Waals surface area contributed by atoms with Gasteiger partial charge in [0.05, 0.1) is 5.92 Å². The number of carboxylic acids is 1. The number of aryl methyl sites for hydroxylation is 1. The second-order valence-corrected chi connectivity index (χ2v) is 6.29. The molecule has 2 heterocycles. The molecule has 23 heavy (non-hydrogen) atoms. The van der Waals surface area contributed by atoms with E-state index < -0.39 is 24.0 Å². The first-order chi connectivity index (χ1) is 10.9. The van der Waals surface area contributed by atoms with Crippen LogP contribution in [0.25, 0.3) is 0 Å². The van der Waals surface area contributed by atoms with Gasteiger partial charge in [-0.1, -0.05) is 13.8 Å². The molecule has 0 aromatic carbocycles. The lowest BCUT2D eigenvalue weighted by molar-refractivity contribution is -0.143. The van der Waals surface area contributed by atoms with Crippen LogP contribution in [0, 0.1) is 11.8 Å². The normalized spacial score (nSPS) is 22.3. The third kappa shape index (κ3) is 4.10. The van der Waals surface area contributed by atoms with Gasteiger partial charge in [0, 0.05) is 25.5 Å². The van der Waals surface area contributed by atoms with Crippen molar-refractivity contribution in [2.45, 2.75) is 52.3 Å². The number of amides is 1. The van der Waals surface area contributed by atoms with Gasteiger partial charge in [-0.05, 0) is 25.7 Å². The summed E-state index contributed by atoms with van der Waals surface area (Å²) in [6, 6.07) is -0.866. The predicted octanol–water partition coefficient (Wildman–Crippen LogP) is 1.60. The summed E-state index contributed by atoms with van der Waals surface area (Å²) in [5, 5.41) is 11.9. The van der Waals surface area contributed by atoms with Crippen molar-refractivity contribution in [1.29, 1.82) is 0 Å². The third-order valence-corrected chi connectivity index (χ3v) is 4.09. The largest absolute Gasteiger partial charge is 0.480 e. The molecule has 1 saturated heterocycles. The zero-order valence-corrected chi connectivity index (χ0v) is 13.9. The zero-order chi connectivity index (χ0) is 17.0. The van der Waals surface area contributed by atoms with E-state index in [1.807, 2.05) is 31.5 Å². The van der Waals surface area contributed by atoms with Gasteiger partial charge in [-0.25, -0.2) is 9.78 Å². The van der Waals surface area contributed by atoms with Crippen molar-refractivity contribution < 1.29 is 19.4 Å². The summed E-state index contributed by atoms with van der Waals surface area (Å²) in [6.07, 6.45) is 4.10. The Hall–Kier alpha value is -1.89. The number of ether oxygens (including phenoxy) is 1. The van der Waals surface area contributed by atoms with Gasteiger partial charge in [-0.2, -0.15) is 0 Å². The van der Waals surface area contributed by atoms with E-state index in [-0.39, 0.29) is 11.8 Å². The van der Waals surface area contributed by atoms with Crippen LogP contribution < -0.4 is 5.32 Å². The number of carboxylic acid groups (broad SMARTS) is 1. The summed E-state index contributed by atoms with van der Waals surface area (Å²) in [5.74, 6) is -0.771. The summed E-state index contributed by atoms with van der Waals surface area (Å²) >= 11 is 0. The van der Waals surface area contributed by atoms with E-state index in [2.05, 4.69) is 10.3 Å². The minimum atomic E-state index is -1.00. The molecule has 0 spiro atoms. The summed E-state index contributed by atoms with van der Waals surface area (Å²) < 4.78 is 7.65. The minimum absolute atomic E-state index is 0.186. The van der Waals surface area contributed by atoms with Gasteiger partial charge in [0.2, 0.25) is 5.91 Å². The van der Waals surface area contributed by atoms with E-state index in [9.17, 15) is 14.7 Å². The Morgan fingerprint density at radius 2 is 2.26 bits per heavy atom.